The number of aromatic nitrogens is 1. The SMILES string of the molecule is CN(C)c1ccc([C@@H]2CN(c3c(F)c(N)c4c(=O)c(C(=O)O)cn(C5CC5)c4c3F)C[C@H]2N)cc1. The molecule has 0 unspecified atom stereocenters. The number of carboxylic acid groups (broad SMARTS) is 1. The van der Waals surface area contributed by atoms with Crippen LogP contribution in [-0.4, -0.2) is 48.9 Å². The highest BCUT2D eigenvalue weighted by Gasteiger charge is 2.37. The molecule has 2 heterocycles. The summed E-state index contributed by atoms with van der Waals surface area (Å²) in [6.45, 7) is 0.460. The Morgan fingerprint density at radius 3 is 2.34 bits per heavy atom. The van der Waals surface area contributed by atoms with Crippen molar-refractivity contribution in [1.29, 1.82) is 0 Å². The molecular weight excluding hydrogens is 456 g/mol. The third kappa shape index (κ3) is 3.68. The van der Waals surface area contributed by atoms with Gasteiger partial charge in [-0.1, -0.05) is 12.1 Å². The number of pyridine rings is 1. The van der Waals surface area contributed by atoms with Gasteiger partial charge in [-0.3, -0.25) is 4.79 Å². The summed E-state index contributed by atoms with van der Waals surface area (Å²) in [7, 11) is 3.88. The fourth-order valence-corrected chi connectivity index (χ4v) is 5.01. The van der Waals surface area contributed by atoms with Gasteiger partial charge in [0.15, 0.2) is 11.6 Å². The van der Waals surface area contributed by atoms with Crippen molar-refractivity contribution in [3.05, 3.63) is 63.4 Å². The predicted molar refractivity (Wildman–Crippen MR) is 131 cm³/mol. The van der Waals surface area contributed by atoms with E-state index in [-0.39, 0.29) is 42.3 Å². The average molecular weight is 484 g/mol. The van der Waals surface area contributed by atoms with Crippen molar-refractivity contribution in [1.82, 2.24) is 4.57 Å². The number of hydrogen-bond donors (Lipinski definition) is 3. The zero-order chi connectivity index (χ0) is 25.2. The quantitative estimate of drug-likeness (QED) is 0.478. The molecule has 35 heavy (non-hydrogen) atoms. The van der Waals surface area contributed by atoms with Crippen LogP contribution in [0.2, 0.25) is 0 Å². The molecule has 184 valence electrons. The molecule has 0 amide bonds. The fraction of sp³-hybridized carbons (Fsp3) is 0.360. The van der Waals surface area contributed by atoms with Gasteiger partial charge in [0.25, 0.3) is 0 Å². The number of carboxylic acids is 1. The summed E-state index contributed by atoms with van der Waals surface area (Å²) in [6.07, 6.45) is 2.53. The first-order valence-electron chi connectivity index (χ1n) is 11.5. The van der Waals surface area contributed by atoms with Gasteiger partial charge < -0.3 is 30.9 Å². The summed E-state index contributed by atoms with van der Waals surface area (Å²) in [5.74, 6) is -3.64. The van der Waals surface area contributed by atoms with Gasteiger partial charge in [0.1, 0.15) is 11.3 Å². The van der Waals surface area contributed by atoms with E-state index in [1.54, 1.807) is 0 Å². The lowest BCUT2D eigenvalue weighted by Crippen LogP contribution is -2.30. The molecule has 1 saturated carbocycles. The minimum absolute atomic E-state index is 0.163. The number of nitrogens with zero attached hydrogens (tertiary/aromatic N) is 3. The van der Waals surface area contributed by atoms with Crippen LogP contribution in [0.3, 0.4) is 0 Å². The monoisotopic (exact) mass is 483 g/mol. The van der Waals surface area contributed by atoms with Gasteiger partial charge in [-0.2, -0.15) is 0 Å². The standard InChI is InChI=1S/C25H27F2N5O3/c1-30(2)13-5-3-12(4-6-13)15-9-31(11-17(15)28)23-19(26)21(29)18-22(20(23)27)32(14-7-8-14)10-16(24(18)33)25(34)35/h3-6,10,14-15,17H,7-9,11,28-29H2,1-2H3,(H,34,35)/t15-,17+/m0/s1. The zero-order valence-corrected chi connectivity index (χ0v) is 19.5. The van der Waals surface area contributed by atoms with Crippen molar-refractivity contribution in [3.63, 3.8) is 0 Å². The fourth-order valence-electron chi connectivity index (χ4n) is 5.01. The van der Waals surface area contributed by atoms with E-state index < -0.39 is 39.7 Å². The average Bonchev–Trinajstić information content (AvgIpc) is 3.59. The van der Waals surface area contributed by atoms with Crippen molar-refractivity contribution < 1.29 is 18.7 Å². The number of halogens is 2. The van der Waals surface area contributed by atoms with Crippen molar-refractivity contribution in [2.24, 2.45) is 5.73 Å². The Morgan fingerprint density at radius 2 is 1.77 bits per heavy atom. The Bertz CT molecular complexity index is 1400. The number of fused-ring (bicyclic) bond motifs is 1. The number of rotatable bonds is 5. The number of aromatic carboxylic acids is 1. The van der Waals surface area contributed by atoms with E-state index >= 15 is 8.78 Å². The first-order chi connectivity index (χ1) is 16.6. The summed E-state index contributed by atoms with van der Waals surface area (Å²) >= 11 is 0. The molecule has 5 rings (SSSR count). The van der Waals surface area contributed by atoms with Crippen LogP contribution in [0, 0.1) is 11.6 Å². The molecule has 1 aliphatic heterocycles. The highest BCUT2D eigenvalue weighted by Crippen LogP contribution is 2.43. The van der Waals surface area contributed by atoms with Gasteiger partial charge in [-0.05, 0) is 30.5 Å². The van der Waals surface area contributed by atoms with E-state index in [1.165, 1.54) is 9.47 Å². The number of nitrogen functional groups attached to an aromatic ring is 1. The predicted octanol–water partition coefficient (Wildman–Crippen LogP) is 2.89. The van der Waals surface area contributed by atoms with Crippen molar-refractivity contribution in [3.8, 4) is 0 Å². The third-order valence-corrected chi connectivity index (χ3v) is 7.05. The molecule has 8 nitrogen and oxygen atoms in total. The zero-order valence-electron chi connectivity index (χ0n) is 19.5. The second kappa shape index (κ2) is 8.23. The van der Waals surface area contributed by atoms with Crippen LogP contribution in [0.15, 0.2) is 35.3 Å². The molecular formula is C25H27F2N5O3. The Balaban J connectivity index is 1.62. The van der Waals surface area contributed by atoms with Gasteiger partial charge in [-0.15, -0.1) is 0 Å². The highest BCUT2D eigenvalue weighted by atomic mass is 19.1. The number of hydrogen-bond acceptors (Lipinski definition) is 6. The van der Waals surface area contributed by atoms with E-state index in [0.29, 0.717) is 12.8 Å². The normalized spacial score (nSPS) is 20.0. The van der Waals surface area contributed by atoms with Gasteiger partial charge in [0.05, 0.1) is 16.6 Å². The third-order valence-electron chi connectivity index (χ3n) is 7.05. The van der Waals surface area contributed by atoms with E-state index in [0.717, 1.165) is 17.4 Å². The Labute approximate surface area is 200 Å². The van der Waals surface area contributed by atoms with Crippen molar-refractivity contribution in [2.75, 3.05) is 42.7 Å². The summed E-state index contributed by atoms with van der Waals surface area (Å²) in [5.41, 5.74) is 11.8. The molecule has 5 N–H and O–H groups in total. The number of nitrogens with two attached hydrogens (primary N) is 2. The Morgan fingerprint density at radius 1 is 1.11 bits per heavy atom. The maximum atomic E-state index is 16.0. The van der Waals surface area contributed by atoms with E-state index in [4.69, 9.17) is 11.5 Å². The molecule has 1 aliphatic carbocycles. The van der Waals surface area contributed by atoms with Crippen LogP contribution in [-0.2, 0) is 0 Å². The van der Waals surface area contributed by atoms with Crippen LogP contribution in [0.5, 0.6) is 0 Å². The van der Waals surface area contributed by atoms with Crippen LogP contribution < -0.4 is 26.7 Å². The molecule has 1 saturated heterocycles. The molecule has 2 aromatic carbocycles. The van der Waals surface area contributed by atoms with Gasteiger partial charge >= 0.3 is 5.97 Å². The molecule has 0 radical (unpaired) electrons. The second-order valence-electron chi connectivity index (χ2n) is 9.59. The smallest absolute Gasteiger partial charge is 0.341 e. The molecule has 0 bridgehead atoms. The minimum Gasteiger partial charge on any atom is -0.477 e. The van der Waals surface area contributed by atoms with Crippen molar-refractivity contribution in [2.45, 2.75) is 30.8 Å². The maximum absolute atomic E-state index is 16.0. The first kappa shape index (κ1) is 23.1. The van der Waals surface area contributed by atoms with Crippen molar-refractivity contribution >= 4 is 33.9 Å². The number of anilines is 3. The van der Waals surface area contributed by atoms with E-state index in [1.807, 2.05) is 43.3 Å². The summed E-state index contributed by atoms with van der Waals surface area (Å²) in [5, 5.41) is 9.02. The van der Waals surface area contributed by atoms with Gasteiger partial charge in [-0.25, -0.2) is 13.6 Å². The largest absolute Gasteiger partial charge is 0.477 e. The van der Waals surface area contributed by atoms with Gasteiger partial charge in [0, 0.05) is 57.1 Å². The number of carbonyl (C=O) groups is 1. The summed E-state index contributed by atoms with van der Waals surface area (Å²) < 4.78 is 33.0. The maximum Gasteiger partial charge on any atom is 0.341 e. The topological polar surface area (TPSA) is 118 Å². The molecule has 1 aromatic heterocycles. The first-order valence-corrected chi connectivity index (χ1v) is 11.5. The Hall–Kier alpha value is -3.66. The lowest BCUT2D eigenvalue weighted by Gasteiger charge is -2.24. The molecule has 0 spiro atoms. The van der Waals surface area contributed by atoms with E-state index in [2.05, 4.69) is 0 Å². The second-order valence-corrected chi connectivity index (χ2v) is 9.59. The van der Waals surface area contributed by atoms with Gasteiger partial charge in [0.2, 0.25) is 5.43 Å². The molecule has 2 fully saturated rings. The highest BCUT2D eigenvalue weighted by molar-refractivity contribution is 5.99. The van der Waals surface area contributed by atoms with Crippen LogP contribution in [0.4, 0.5) is 25.8 Å². The minimum atomic E-state index is -1.47. The van der Waals surface area contributed by atoms with Crippen LogP contribution in [0.25, 0.3) is 10.9 Å². The molecule has 10 heteroatoms. The summed E-state index contributed by atoms with van der Waals surface area (Å²) in [6, 6.07) is 7.30. The number of benzene rings is 2. The molecule has 3 aromatic rings. The van der Waals surface area contributed by atoms with Crippen LogP contribution >= 0.6 is 0 Å². The molecule has 2 aliphatic rings. The lowest BCUT2D eigenvalue weighted by atomic mass is 9.95. The van der Waals surface area contributed by atoms with E-state index in [9.17, 15) is 14.7 Å². The van der Waals surface area contributed by atoms with Crippen LogP contribution in [0.1, 0.15) is 40.7 Å². The molecule has 2 atom stereocenters. The Kier molecular flexibility index (Phi) is 5.43. The lowest BCUT2D eigenvalue weighted by molar-refractivity contribution is 0.0695. The summed E-state index contributed by atoms with van der Waals surface area (Å²) in [4.78, 5) is 28.0.